The van der Waals surface area contributed by atoms with Crippen LogP contribution in [0.4, 0.5) is 0 Å². The first-order chi connectivity index (χ1) is 17.0. The molecular weight excluding hydrogens is 462 g/mol. The first-order valence-electron chi connectivity index (χ1n) is 11.8. The van der Waals surface area contributed by atoms with Crippen LogP contribution in [0.1, 0.15) is 57.7 Å². The van der Waals surface area contributed by atoms with Crippen LogP contribution in [-0.4, -0.2) is 51.9 Å². The Labute approximate surface area is 212 Å². The Morgan fingerprint density at radius 3 is 1.69 bits per heavy atom. The number of carbonyl (C=O) groups is 3. The maximum atomic E-state index is 13.4. The van der Waals surface area contributed by atoms with Gasteiger partial charge in [0.25, 0.3) is 0 Å². The van der Waals surface area contributed by atoms with Crippen molar-refractivity contribution in [3.63, 3.8) is 0 Å². The fourth-order valence-corrected chi connectivity index (χ4v) is 3.82. The third kappa shape index (κ3) is 9.77. The number of hydrogen-bond acceptors (Lipinski definition) is 6. The van der Waals surface area contributed by atoms with E-state index >= 15 is 0 Å². The molecule has 2 rings (SSSR count). The van der Waals surface area contributed by atoms with Crippen LogP contribution < -0.4 is 16.1 Å². The van der Waals surface area contributed by atoms with Crippen molar-refractivity contribution in [3.05, 3.63) is 71.8 Å². The molecule has 0 aromatic heterocycles. The molecule has 0 aliphatic rings. The zero-order chi connectivity index (χ0) is 27.3. The van der Waals surface area contributed by atoms with Gasteiger partial charge in [0, 0.05) is 19.4 Å². The Hall–Kier alpha value is -3.27. The lowest BCUT2D eigenvalue weighted by Crippen LogP contribution is -2.59. The minimum atomic E-state index is -1.58. The van der Waals surface area contributed by atoms with Gasteiger partial charge in [-0.3, -0.25) is 19.6 Å². The Bertz CT molecular complexity index is 905. The molecule has 0 unspecified atom stereocenters. The van der Waals surface area contributed by atoms with E-state index in [1.165, 1.54) is 13.8 Å². The summed E-state index contributed by atoms with van der Waals surface area (Å²) in [5.74, 6) is -2.48. The lowest BCUT2D eigenvalue weighted by Gasteiger charge is -2.32. The van der Waals surface area contributed by atoms with Gasteiger partial charge in [-0.25, -0.2) is 5.48 Å². The lowest BCUT2D eigenvalue weighted by atomic mass is 9.91. The number of amides is 3. The van der Waals surface area contributed by atoms with Crippen molar-refractivity contribution in [2.45, 2.75) is 58.2 Å². The summed E-state index contributed by atoms with van der Waals surface area (Å²) in [5, 5.41) is 32.2. The summed E-state index contributed by atoms with van der Waals surface area (Å²) < 4.78 is 0. The zero-order valence-electron chi connectivity index (χ0n) is 21.6. The van der Waals surface area contributed by atoms with Gasteiger partial charge in [-0.05, 0) is 37.3 Å². The average Bonchev–Trinajstić information content (AvgIpc) is 2.86. The molecule has 9 heteroatoms. The number of hydrogen-bond donors (Lipinski definition) is 6. The number of nitrogens with one attached hydrogen (secondary N) is 3. The quantitative estimate of drug-likeness (QED) is 0.206. The molecule has 0 spiro atoms. The van der Waals surface area contributed by atoms with Gasteiger partial charge in [0.1, 0.15) is 6.04 Å². The SMILES string of the molecule is CC(C)C[C@H](CC(=O)NO)C(=O)N[C@H](C(=O)NC(c1ccccc1)c1ccccc1)C(C)(C)O.CO. The number of rotatable bonds is 11. The van der Waals surface area contributed by atoms with Gasteiger partial charge in [-0.1, -0.05) is 74.5 Å². The predicted octanol–water partition coefficient (Wildman–Crippen LogP) is 2.31. The maximum absolute atomic E-state index is 13.4. The molecule has 0 saturated heterocycles. The standard InChI is InChI=1S/C26H35N3O5.CH4O/c1-17(2)15-20(16-21(30)29-34)24(31)28-23(26(3,4)33)25(32)27-22(18-11-7-5-8-12-18)19-13-9-6-10-14-19;1-2/h5-14,17,20,22-23,33-34H,15-16H2,1-4H3,(H,27,32)(H,28,31)(H,29,30);2H,1H3/t20-,23-;/m1./s1. The second-order valence-corrected chi connectivity index (χ2v) is 9.42. The Morgan fingerprint density at radius 2 is 1.31 bits per heavy atom. The molecule has 0 saturated carbocycles. The van der Waals surface area contributed by atoms with Crippen molar-refractivity contribution in [3.8, 4) is 0 Å². The minimum absolute atomic E-state index is 0.0946. The summed E-state index contributed by atoms with van der Waals surface area (Å²) in [4.78, 5) is 38.2. The van der Waals surface area contributed by atoms with Gasteiger partial charge in [-0.2, -0.15) is 0 Å². The van der Waals surface area contributed by atoms with Crippen molar-refractivity contribution >= 4 is 17.7 Å². The van der Waals surface area contributed by atoms with Crippen LogP contribution in [0.5, 0.6) is 0 Å². The highest BCUT2D eigenvalue weighted by atomic mass is 16.5. The Balaban J connectivity index is 0.00000316. The van der Waals surface area contributed by atoms with Gasteiger partial charge >= 0.3 is 0 Å². The molecule has 2 aromatic carbocycles. The number of hydroxylamine groups is 1. The molecule has 0 heterocycles. The third-order valence-corrected chi connectivity index (χ3v) is 5.49. The normalized spacial score (nSPS) is 12.7. The largest absolute Gasteiger partial charge is 0.400 e. The van der Waals surface area contributed by atoms with E-state index in [2.05, 4.69) is 10.6 Å². The molecule has 0 radical (unpaired) electrons. The zero-order valence-corrected chi connectivity index (χ0v) is 21.6. The van der Waals surface area contributed by atoms with Crippen molar-refractivity contribution in [2.75, 3.05) is 7.11 Å². The number of carbonyl (C=O) groups excluding carboxylic acids is 3. The van der Waals surface area contributed by atoms with Crippen LogP contribution in [0.25, 0.3) is 0 Å². The summed E-state index contributed by atoms with van der Waals surface area (Å²) in [6.45, 7) is 6.69. The monoisotopic (exact) mass is 501 g/mol. The van der Waals surface area contributed by atoms with E-state index in [9.17, 15) is 19.5 Å². The first kappa shape index (κ1) is 30.8. The van der Waals surface area contributed by atoms with Crippen molar-refractivity contribution in [1.29, 1.82) is 0 Å². The van der Waals surface area contributed by atoms with E-state index in [0.717, 1.165) is 18.2 Å². The van der Waals surface area contributed by atoms with E-state index in [0.29, 0.717) is 6.42 Å². The fraction of sp³-hybridized carbons (Fsp3) is 0.444. The fourth-order valence-electron chi connectivity index (χ4n) is 3.82. The summed E-state index contributed by atoms with van der Waals surface area (Å²) in [5.41, 5.74) is 1.66. The third-order valence-electron chi connectivity index (χ3n) is 5.49. The molecule has 36 heavy (non-hydrogen) atoms. The highest BCUT2D eigenvalue weighted by Gasteiger charge is 2.37. The molecule has 198 valence electrons. The summed E-state index contributed by atoms with van der Waals surface area (Å²) in [6, 6.07) is 17.0. The molecule has 6 N–H and O–H groups in total. The van der Waals surface area contributed by atoms with Gasteiger partial charge in [0.05, 0.1) is 11.6 Å². The first-order valence-corrected chi connectivity index (χ1v) is 11.8. The summed E-state index contributed by atoms with van der Waals surface area (Å²) in [6.07, 6.45) is 0.132. The van der Waals surface area contributed by atoms with Gasteiger partial charge < -0.3 is 20.8 Å². The highest BCUT2D eigenvalue weighted by molar-refractivity contribution is 5.91. The number of aliphatic hydroxyl groups excluding tert-OH is 1. The van der Waals surface area contributed by atoms with Crippen LogP contribution in [0.3, 0.4) is 0 Å². The van der Waals surface area contributed by atoms with Crippen molar-refractivity contribution in [2.24, 2.45) is 11.8 Å². The smallest absolute Gasteiger partial charge is 0.246 e. The Morgan fingerprint density at radius 1 is 0.833 bits per heavy atom. The summed E-state index contributed by atoms with van der Waals surface area (Å²) in [7, 11) is 1.00. The molecule has 0 fully saturated rings. The van der Waals surface area contributed by atoms with Crippen LogP contribution in [0, 0.1) is 11.8 Å². The van der Waals surface area contributed by atoms with Crippen molar-refractivity contribution < 1.29 is 29.8 Å². The maximum Gasteiger partial charge on any atom is 0.246 e. The molecule has 9 nitrogen and oxygen atoms in total. The van der Waals surface area contributed by atoms with Crippen LogP contribution in [0.15, 0.2) is 60.7 Å². The Kier molecular flexibility index (Phi) is 12.8. The number of aliphatic hydroxyl groups is 2. The van der Waals surface area contributed by atoms with Gasteiger partial charge in [0.2, 0.25) is 17.7 Å². The van der Waals surface area contributed by atoms with Crippen LogP contribution in [-0.2, 0) is 14.4 Å². The van der Waals surface area contributed by atoms with Gasteiger partial charge in [0.15, 0.2) is 0 Å². The molecule has 3 amide bonds. The highest BCUT2D eigenvalue weighted by Crippen LogP contribution is 2.23. The molecular formula is C27H39N3O6. The second-order valence-electron chi connectivity index (χ2n) is 9.42. The van der Waals surface area contributed by atoms with Crippen LogP contribution >= 0.6 is 0 Å². The van der Waals surface area contributed by atoms with Gasteiger partial charge in [-0.15, -0.1) is 0 Å². The second kappa shape index (κ2) is 15.0. The number of benzene rings is 2. The molecule has 2 aromatic rings. The summed E-state index contributed by atoms with van der Waals surface area (Å²) >= 11 is 0. The van der Waals surface area contributed by atoms with Crippen molar-refractivity contribution in [1.82, 2.24) is 16.1 Å². The topological polar surface area (TPSA) is 148 Å². The van der Waals surface area contributed by atoms with E-state index < -0.39 is 41.3 Å². The van der Waals surface area contributed by atoms with E-state index in [1.807, 2.05) is 74.5 Å². The van der Waals surface area contributed by atoms with E-state index in [1.54, 1.807) is 5.48 Å². The van der Waals surface area contributed by atoms with E-state index in [-0.39, 0.29) is 12.3 Å². The van der Waals surface area contributed by atoms with Crippen LogP contribution in [0.2, 0.25) is 0 Å². The van der Waals surface area contributed by atoms with E-state index in [4.69, 9.17) is 10.3 Å². The lowest BCUT2D eigenvalue weighted by molar-refractivity contribution is -0.139. The average molecular weight is 502 g/mol. The molecule has 0 bridgehead atoms. The predicted molar refractivity (Wildman–Crippen MR) is 137 cm³/mol. The molecule has 0 aliphatic carbocycles. The molecule has 0 aliphatic heterocycles. The molecule has 2 atom stereocenters. The minimum Gasteiger partial charge on any atom is -0.400 e.